The lowest BCUT2D eigenvalue weighted by atomic mass is 10.1. The van der Waals surface area contributed by atoms with E-state index < -0.39 is 5.60 Å². The van der Waals surface area contributed by atoms with Crippen molar-refractivity contribution in [3.05, 3.63) is 0 Å². The van der Waals surface area contributed by atoms with E-state index in [0.717, 1.165) is 0 Å². The minimum atomic E-state index is -1.03. The van der Waals surface area contributed by atoms with Gasteiger partial charge in [-0.2, -0.15) is 5.10 Å². The van der Waals surface area contributed by atoms with Crippen molar-refractivity contribution in [1.29, 1.82) is 0 Å². The molecule has 4 heteroatoms. The normalized spacial score (nSPS) is 13.4. The molecule has 0 aliphatic carbocycles. The summed E-state index contributed by atoms with van der Waals surface area (Å²) < 4.78 is 0. The number of hydrogen-bond acceptors (Lipinski definition) is 3. The van der Waals surface area contributed by atoms with Crippen LogP contribution in [0.1, 0.15) is 20.8 Å². The fraction of sp³-hybridized carbons (Fsp3) is 0.833. The van der Waals surface area contributed by atoms with Crippen LogP contribution in [0.4, 0.5) is 0 Å². The zero-order chi connectivity index (χ0) is 8.20. The lowest BCUT2D eigenvalue weighted by molar-refractivity contribution is 0.151. The fourth-order valence-corrected chi connectivity index (χ4v) is 0.301. The van der Waals surface area contributed by atoms with Gasteiger partial charge in [-0.25, -0.2) is 0 Å². The van der Waals surface area contributed by atoms with E-state index >= 15 is 0 Å². The third-order valence-corrected chi connectivity index (χ3v) is 0.984. The maximum Gasteiger partial charge on any atom is 0.151 e. The van der Waals surface area contributed by atoms with Gasteiger partial charge in [-0.3, -0.25) is 0 Å². The molecule has 0 aliphatic heterocycles. The summed E-state index contributed by atoms with van der Waals surface area (Å²) in [5, 5.41) is 12.9. The van der Waals surface area contributed by atoms with Gasteiger partial charge < -0.3 is 16.3 Å². The van der Waals surface area contributed by atoms with Gasteiger partial charge in [-0.1, -0.05) is 0 Å². The summed E-state index contributed by atoms with van der Waals surface area (Å²) >= 11 is 0. The second-order valence-corrected chi connectivity index (χ2v) is 2.57. The van der Waals surface area contributed by atoms with Crippen molar-refractivity contribution in [2.24, 2.45) is 10.8 Å². The van der Waals surface area contributed by atoms with Crippen LogP contribution in [0.15, 0.2) is 5.10 Å². The number of nitrogens with one attached hydrogen (secondary N) is 1. The molecule has 0 amide bonds. The van der Waals surface area contributed by atoms with Crippen molar-refractivity contribution in [1.82, 2.24) is 5.43 Å². The Morgan fingerprint density at radius 3 is 2.50 bits per heavy atom. The molecule has 0 radical (unpaired) electrons. The van der Waals surface area contributed by atoms with Crippen LogP contribution < -0.4 is 11.2 Å². The van der Waals surface area contributed by atoms with Gasteiger partial charge in [-0.05, 0) is 20.8 Å². The van der Waals surface area contributed by atoms with Crippen molar-refractivity contribution >= 4 is 5.84 Å². The highest BCUT2D eigenvalue weighted by Crippen LogP contribution is 1.98. The summed E-state index contributed by atoms with van der Waals surface area (Å²) in [6, 6.07) is 0. The number of rotatable bonds is 3. The van der Waals surface area contributed by atoms with Gasteiger partial charge >= 0.3 is 0 Å². The second kappa shape index (κ2) is 3.41. The summed E-state index contributed by atoms with van der Waals surface area (Å²) in [6.07, 6.45) is 0. The Balaban J connectivity index is 3.93. The Kier molecular flexibility index (Phi) is 3.15. The molecule has 4 N–H and O–H groups in total. The van der Waals surface area contributed by atoms with Gasteiger partial charge in [0, 0.05) is 6.54 Å². The standard InChI is InChI=1S/C6H15N3O/c1-4-8-9-5(7)6(2,3)10/h8,10H,4H2,1-3H3,(H2,7,9). The monoisotopic (exact) mass is 145 g/mol. The molecule has 0 unspecified atom stereocenters. The van der Waals surface area contributed by atoms with Crippen LogP contribution in [0.2, 0.25) is 0 Å². The van der Waals surface area contributed by atoms with Crippen LogP contribution in [0, 0.1) is 0 Å². The van der Waals surface area contributed by atoms with Crippen LogP contribution in [-0.2, 0) is 0 Å². The second-order valence-electron chi connectivity index (χ2n) is 2.57. The highest BCUT2D eigenvalue weighted by Gasteiger charge is 2.17. The van der Waals surface area contributed by atoms with Crippen LogP contribution in [0.3, 0.4) is 0 Å². The van der Waals surface area contributed by atoms with Gasteiger partial charge in [0.1, 0.15) is 5.60 Å². The number of amidine groups is 1. The average molecular weight is 145 g/mol. The molecule has 0 aromatic rings. The first-order valence-electron chi connectivity index (χ1n) is 3.27. The van der Waals surface area contributed by atoms with Crippen molar-refractivity contribution in [3.8, 4) is 0 Å². The number of aliphatic hydroxyl groups is 1. The molecular weight excluding hydrogens is 130 g/mol. The van der Waals surface area contributed by atoms with E-state index in [2.05, 4.69) is 10.5 Å². The first-order valence-corrected chi connectivity index (χ1v) is 3.27. The average Bonchev–Trinajstić information content (AvgIpc) is 1.80. The Morgan fingerprint density at radius 2 is 2.20 bits per heavy atom. The van der Waals surface area contributed by atoms with E-state index in [0.29, 0.717) is 6.54 Å². The van der Waals surface area contributed by atoms with Gasteiger partial charge in [0.15, 0.2) is 5.84 Å². The molecule has 60 valence electrons. The van der Waals surface area contributed by atoms with E-state index in [1.165, 1.54) is 0 Å². The van der Waals surface area contributed by atoms with Gasteiger partial charge in [0.25, 0.3) is 0 Å². The molecule has 4 nitrogen and oxygen atoms in total. The summed E-state index contributed by atoms with van der Waals surface area (Å²) in [6.45, 7) is 5.78. The molecule has 0 spiro atoms. The SMILES string of the molecule is CCN/N=C(\N)C(C)(C)O. The molecule has 10 heavy (non-hydrogen) atoms. The van der Waals surface area contributed by atoms with Gasteiger partial charge in [0.2, 0.25) is 0 Å². The smallest absolute Gasteiger partial charge is 0.151 e. The van der Waals surface area contributed by atoms with E-state index in [1.807, 2.05) is 6.92 Å². The fourth-order valence-electron chi connectivity index (χ4n) is 0.301. The Hall–Kier alpha value is -0.770. The maximum absolute atomic E-state index is 9.22. The third kappa shape index (κ3) is 3.29. The van der Waals surface area contributed by atoms with E-state index in [-0.39, 0.29) is 5.84 Å². The molecule has 0 aromatic carbocycles. The Labute approximate surface area is 61.1 Å². The van der Waals surface area contributed by atoms with E-state index in [1.54, 1.807) is 13.8 Å². The third-order valence-electron chi connectivity index (χ3n) is 0.984. The molecule has 0 heterocycles. The highest BCUT2D eigenvalue weighted by molar-refractivity contribution is 5.87. The summed E-state index contributed by atoms with van der Waals surface area (Å²) in [5.74, 6) is 0.203. The molecule has 0 saturated carbocycles. The molecule has 0 saturated heterocycles. The summed E-state index contributed by atoms with van der Waals surface area (Å²) in [4.78, 5) is 0. The minimum Gasteiger partial charge on any atom is -0.383 e. The highest BCUT2D eigenvalue weighted by atomic mass is 16.3. The Bertz CT molecular complexity index is 125. The summed E-state index contributed by atoms with van der Waals surface area (Å²) in [5.41, 5.74) is 7.01. The predicted octanol–water partition coefficient (Wildman–Crippen LogP) is -0.361. The van der Waals surface area contributed by atoms with Crippen molar-refractivity contribution in [2.75, 3.05) is 6.54 Å². The first-order chi connectivity index (χ1) is 4.48. The zero-order valence-electron chi connectivity index (χ0n) is 6.68. The van der Waals surface area contributed by atoms with Crippen LogP contribution in [-0.4, -0.2) is 23.1 Å². The molecular formula is C6H15N3O. The Morgan fingerprint density at radius 1 is 1.70 bits per heavy atom. The van der Waals surface area contributed by atoms with Crippen molar-refractivity contribution in [3.63, 3.8) is 0 Å². The number of nitrogens with zero attached hydrogens (tertiary/aromatic N) is 1. The first kappa shape index (κ1) is 9.23. The van der Waals surface area contributed by atoms with E-state index in [4.69, 9.17) is 5.73 Å². The lowest BCUT2D eigenvalue weighted by Crippen LogP contribution is -2.39. The molecule has 0 bridgehead atoms. The van der Waals surface area contributed by atoms with E-state index in [9.17, 15) is 5.11 Å². The molecule has 0 atom stereocenters. The van der Waals surface area contributed by atoms with Crippen molar-refractivity contribution in [2.45, 2.75) is 26.4 Å². The minimum absolute atomic E-state index is 0.203. The van der Waals surface area contributed by atoms with Crippen LogP contribution >= 0.6 is 0 Å². The van der Waals surface area contributed by atoms with Crippen molar-refractivity contribution < 1.29 is 5.11 Å². The largest absolute Gasteiger partial charge is 0.383 e. The number of nitrogens with two attached hydrogens (primary N) is 1. The number of hydrogen-bond donors (Lipinski definition) is 3. The molecule has 0 fully saturated rings. The topological polar surface area (TPSA) is 70.6 Å². The lowest BCUT2D eigenvalue weighted by Gasteiger charge is -2.15. The van der Waals surface area contributed by atoms with Crippen LogP contribution in [0.5, 0.6) is 0 Å². The number of hydrazone groups is 1. The van der Waals surface area contributed by atoms with Gasteiger partial charge in [0.05, 0.1) is 0 Å². The molecule has 0 aliphatic rings. The van der Waals surface area contributed by atoms with Crippen LogP contribution in [0.25, 0.3) is 0 Å². The van der Waals surface area contributed by atoms with Gasteiger partial charge in [-0.15, -0.1) is 0 Å². The molecule has 0 rings (SSSR count). The summed E-state index contributed by atoms with van der Waals surface area (Å²) in [7, 11) is 0. The quantitative estimate of drug-likeness (QED) is 0.288. The maximum atomic E-state index is 9.22. The zero-order valence-corrected chi connectivity index (χ0v) is 6.68. The predicted molar refractivity (Wildman–Crippen MR) is 41.6 cm³/mol. The molecule has 0 aromatic heterocycles.